The summed E-state index contributed by atoms with van der Waals surface area (Å²) in [6, 6.07) is 3.79. The Bertz CT molecular complexity index is 387. The highest BCUT2D eigenvalue weighted by molar-refractivity contribution is 5.26. The van der Waals surface area contributed by atoms with Gasteiger partial charge < -0.3 is 10.8 Å². The molecule has 0 amide bonds. The van der Waals surface area contributed by atoms with Gasteiger partial charge in [-0.3, -0.25) is 0 Å². The molecule has 0 bridgehead atoms. The lowest BCUT2D eigenvalue weighted by atomic mass is 9.76. The summed E-state index contributed by atoms with van der Waals surface area (Å²) >= 11 is 0. The third-order valence-electron chi connectivity index (χ3n) is 3.34. The molecule has 0 saturated heterocycles. The number of aliphatic hydroxyl groups is 1. The van der Waals surface area contributed by atoms with Crippen molar-refractivity contribution in [3.63, 3.8) is 0 Å². The second-order valence-electron chi connectivity index (χ2n) is 4.52. The lowest BCUT2D eigenvalue weighted by molar-refractivity contribution is 0.0968. The van der Waals surface area contributed by atoms with Crippen LogP contribution in [0.1, 0.15) is 31.2 Å². The molecule has 1 aromatic rings. The van der Waals surface area contributed by atoms with Crippen molar-refractivity contribution >= 4 is 0 Å². The number of hydrogen-bond donors (Lipinski definition) is 2. The van der Waals surface area contributed by atoms with Crippen LogP contribution in [-0.4, -0.2) is 11.2 Å². The van der Waals surface area contributed by atoms with Crippen LogP contribution in [0.25, 0.3) is 0 Å². The second-order valence-corrected chi connectivity index (χ2v) is 4.52. The zero-order chi connectivity index (χ0) is 11.8. The topological polar surface area (TPSA) is 46.2 Å². The number of hydrogen-bond acceptors (Lipinski definition) is 2. The maximum absolute atomic E-state index is 13.1. The van der Waals surface area contributed by atoms with E-state index in [9.17, 15) is 13.9 Å². The third kappa shape index (κ3) is 2.08. The van der Waals surface area contributed by atoms with Crippen molar-refractivity contribution in [1.82, 2.24) is 0 Å². The van der Waals surface area contributed by atoms with Gasteiger partial charge in [0, 0.05) is 5.54 Å². The van der Waals surface area contributed by atoms with Crippen molar-refractivity contribution in [2.75, 3.05) is 0 Å². The fourth-order valence-corrected chi connectivity index (χ4v) is 2.21. The summed E-state index contributed by atoms with van der Waals surface area (Å²) in [6.07, 6.45) is 2.09. The molecule has 3 N–H and O–H groups in total. The fraction of sp³-hybridized carbons (Fsp3) is 0.500. The Kier molecular flexibility index (Phi) is 2.95. The number of rotatable bonds is 1. The summed E-state index contributed by atoms with van der Waals surface area (Å²) < 4.78 is 25.9. The first kappa shape index (κ1) is 11.5. The van der Waals surface area contributed by atoms with E-state index in [2.05, 4.69) is 0 Å². The summed E-state index contributed by atoms with van der Waals surface area (Å²) in [7, 11) is 0. The van der Waals surface area contributed by atoms with Gasteiger partial charge in [-0.05, 0) is 43.4 Å². The fourth-order valence-electron chi connectivity index (χ4n) is 2.21. The van der Waals surface area contributed by atoms with Crippen LogP contribution in [0.3, 0.4) is 0 Å². The molecule has 1 aromatic carbocycles. The summed E-state index contributed by atoms with van der Waals surface area (Å²) in [6.45, 7) is 0. The molecule has 0 aliphatic heterocycles. The predicted octanol–water partition coefficient (Wildman–Crippen LogP) is 2.05. The van der Waals surface area contributed by atoms with Crippen LogP contribution in [0.15, 0.2) is 18.2 Å². The van der Waals surface area contributed by atoms with Gasteiger partial charge in [-0.2, -0.15) is 0 Å². The van der Waals surface area contributed by atoms with Crippen LogP contribution in [0.2, 0.25) is 0 Å². The van der Waals surface area contributed by atoms with Crippen LogP contribution >= 0.6 is 0 Å². The molecule has 1 fully saturated rings. The molecule has 0 aromatic heterocycles. The van der Waals surface area contributed by atoms with Gasteiger partial charge in [-0.25, -0.2) is 8.78 Å². The van der Waals surface area contributed by atoms with E-state index in [1.54, 1.807) is 0 Å². The van der Waals surface area contributed by atoms with E-state index in [1.807, 2.05) is 0 Å². The van der Waals surface area contributed by atoms with Gasteiger partial charge in [-0.1, -0.05) is 6.07 Å². The summed E-state index contributed by atoms with van der Waals surface area (Å²) in [5, 5.41) is 9.40. The molecule has 88 valence electrons. The lowest BCUT2D eigenvalue weighted by Crippen LogP contribution is -2.41. The maximum Gasteiger partial charge on any atom is 0.159 e. The van der Waals surface area contributed by atoms with Gasteiger partial charge >= 0.3 is 0 Å². The number of benzene rings is 1. The molecule has 0 radical (unpaired) electrons. The normalized spacial score (nSPS) is 30.4. The van der Waals surface area contributed by atoms with Crippen LogP contribution < -0.4 is 5.73 Å². The second kappa shape index (κ2) is 4.11. The molecular weight excluding hydrogens is 212 g/mol. The number of nitrogens with two attached hydrogens (primary N) is 1. The van der Waals surface area contributed by atoms with Gasteiger partial charge in [0.15, 0.2) is 11.6 Å². The minimum Gasteiger partial charge on any atom is -0.393 e. The van der Waals surface area contributed by atoms with Crippen molar-refractivity contribution in [1.29, 1.82) is 0 Å². The Morgan fingerprint density at radius 1 is 1.19 bits per heavy atom. The molecule has 1 aliphatic carbocycles. The van der Waals surface area contributed by atoms with Gasteiger partial charge in [0.1, 0.15) is 0 Å². The zero-order valence-corrected chi connectivity index (χ0v) is 8.92. The quantitative estimate of drug-likeness (QED) is 0.771. The monoisotopic (exact) mass is 227 g/mol. The third-order valence-corrected chi connectivity index (χ3v) is 3.34. The SMILES string of the molecule is NC1(c2ccc(F)c(F)c2)CCC(O)CC1. The van der Waals surface area contributed by atoms with E-state index in [0.29, 0.717) is 31.2 Å². The molecule has 1 saturated carbocycles. The maximum atomic E-state index is 13.1. The van der Waals surface area contributed by atoms with Gasteiger partial charge in [-0.15, -0.1) is 0 Å². The first-order valence-corrected chi connectivity index (χ1v) is 5.44. The number of aliphatic hydroxyl groups excluding tert-OH is 1. The summed E-state index contributed by atoms with van der Waals surface area (Å²) in [5.74, 6) is -1.73. The Morgan fingerprint density at radius 2 is 1.81 bits per heavy atom. The first-order chi connectivity index (χ1) is 7.51. The molecule has 0 atom stereocenters. The standard InChI is InChI=1S/C12H15F2NO/c13-10-2-1-8(7-11(10)14)12(15)5-3-9(16)4-6-12/h1-2,7,9,16H,3-6,15H2. The van der Waals surface area contributed by atoms with E-state index in [4.69, 9.17) is 5.73 Å². The Balaban J connectivity index is 2.25. The van der Waals surface area contributed by atoms with E-state index < -0.39 is 17.2 Å². The van der Waals surface area contributed by atoms with E-state index in [0.717, 1.165) is 12.1 Å². The lowest BCUT2D eigenvalue weighted by Gasteiger charge is -2.36. The molecule has 1 aliphatic rings. The summed E-state index contributed by atoms with van der Waals surface area (Å²) in [5.41, 5.74) is 6.14. The highest BCUT2D eigenvalue weighted by Gasteiger charge is 2.33. The smallest absolute Gasteiger partial charge is 0.159 e. The van der Waals surface area contributed by atoms with E-state index in [1.165, 1.54) is 6.07 Å². The van der Waals surface area contributed by atoms with Gasteiger partial charge in [0.25, 0.3) is 0 Å². The molecule has 16 heavy (non-hydrogen) atoms. The molecule has 2 rings (SSSR count). The van der Waals surface area contributed by atoms with Crippen LogP contribution in [-0.2, 0) is 5.54 Å². The largest absolute Gasteiger partial charge is 0.393 e. The first-order valence-electron chi connectivity index (χ1n) is 5.44. The molecule has 2 nitrogen and oxygen atoms in total. The van der Waals surface area contributed by atoms with Crippen molar-refractivity contribution in [2.24, 2.45) is 5.73 Å². The average Bonchev–Trinajstić information content (AvgIpc) is 2.26. The van der Waals surface area contributed by atoms with Gasteiger partial charge in [0.2, 0.25) is 0 Å². The van der Waals surface area contributed by atoms with Crippen molar-refractivity contribution in [2.45, 2.75) is 37.3 Å². The van der Waals surface area contributed by atoms with Crippen LogP contribution in [0.5, 0.6) is 0 Å². The van der Waals surface area contributed by atoms with Crippen molar-refractivity contribution in [3.05, 3.63) is 35.4 Å². The van der Waals surface area contributed by atoms with E-state index in [-0.39, 0.29) is 6.10 Å². The molecule has 0 heterocycles. The van der Waals surface area contributed by atoms with Crippen LogP contribution in [0, 0.1) is 11.6 Å². The average molecular weight is 227 g/mol. The van der Waals surface area contributed by atoms with Gasteiger partial charge in [0.05, 0.1) is 6.10 Å². The Labute approximate surface area is 93.1 Å². The molecule has 0 unspecified atom stereocenters. The van der Waals surface area contributed by atoms with Crippen LogP contribution in [0.4, 0.5) is 8.78 Å². The molecular formula is C12H15F2NO. The Hall–Kier alpha value is -1.00. The highest BCUT2D eigenvalue weighted by atomic mass is 19.2. The van der Waals surface area contributed by atoms with E-state index >= 15 is 0 Å². The van der Waals surface area contributed by atoms with Crippen molar-refractivity contribution in [3.8, 4) is 0 Å². The zero-order valence-electron chi connectivity index (χ0n) is 8.92. The number of halogens is 2. The Morgan fingerprint density at radius 3 is 2.38 bits per heavy atom. The molecule has 0 spiro atoms. The minimum atomic E-state index is -0.867. The molecule has 4 heteroatoms. The minimum absolute atomic E-state index is 0.318. The summed E-state index contributed by atoms with van der Waals surface area (Å²) in [4.78, 5) is 0. The van der Waals surface area contributed by atoms with Crippen molar-refractivity contribution < 1.29 is 13.9 Å². The predicted molar refractivity (Wildman–Crippen MR) is 56.7 cm³/mol. The highest BCUT2D eigenvalue weighted by Crippen LogP contribution is 2.35.